The summed E-state index contributed by atoms with van der Waals surface area (Å²) in [4.78, 5) is 25.3. The molecule has 5 heteroatoms. The first-order chi connectivity index (χ1) is 9.60. The minimum atomic E-state index is -0.130. The molecule has 1 aromatic carbocycles. The molecular weight excluding hydrogens is 256 g/mol. The Balaban J connectivity index is 1.95. The number of anilines is 1. The molecule has 1 atom stereocenters. The smallest absolute Gasteiger partial charge is 0.229 e. The van der Waals surface area contributed by atoms with Gasteiger partial charge in [-0.1, -0.05) is 0 Å². The number of methoxy groups -OCH3 is 1. The lowest BCUT2D eigenvalue weighted by Crippen LogP contribution is -2.42. The van der Waals surface area contributed by atoms with Gasteiger partial charge in [0, 0.05) is 25.7 Å². The molecule has 2 rings (SSSR count). The van der Waals surface area contributed by atoms with Crippen LogP contribution in [0.3, 0.4) is 0 Å². The maximum Gasteiger partial charge on any atom is 0.229 e. The van der Waals surface area contributed by atoms with Crippen molar-refractivity contribution in [1.82, 2.24) is 4.90 Å². The number of likely N-dealkylation sites (tertiary alicyclic amines) is 1. The number of benzene rings is 1. The van der Waals surface area contributed by atoms with Crippen molar-refractivity contribution in [2.75, 3.05) is 25.5 Å². The van der Waals surface area contributed by atoms with Gasteiger partial charge in [0.15, 0.2) is 0 Å². The van der Waals surface area contributed by atoms with Crippen LogP contribution >= 0.6 is 0 Å². The molecule has 0 saturated carbocycles. The Bertz CT molecular complexity index is 484. The maximum atomic E-state index is 12.2. The molecule has 0 radical (unpaired) electrons. The highest BCUT2D eigenvalue weighted by molar-refractivity contribution is 5.93. The molecule has 1 heterocycles. The van der Waals surface area contributed by atoms with E-state index in [0.29, 0.717) is 6.54 Å². The quantitative estimate of drug-likeness (QED) is 0.917. The van der Waals surface area contributed by atoms with Crippen molar-refractivity contribution in [2.45, 2.75) is 19.8 Å². The van der Waals surface area contributed by atoms with Gasteiger partial charge in [-0.25, -0.2) is 0 Å². The minimum Gasteiger partial charge on any atom is -0.497 e. The molecule has 1 unspecified atom stereocenters. The first-order valence-corrected chi connectivity index (χ1v) is 6.80. The van der Waals surface area contributed by atoms with Crippen LogP contribution in [0.1, 0.15) is 19.8 Å². The van der Waals surface area contributed by atoms with E-state index >= 15 is 0 Å². The number of hydrogen-bond donors (Lipinski definition) is 1. The van der Waals surface area contributed by atoms with Crippen molar-refractivity contribution in [2.24, 2.45) is 5.92 Å². The number of nitrogens with one attached hydrogen (secondary N) is 1. The summed E-state index contributed by atoms with van der Waals surface area (Å²) in [5, 5.41) is 2.89. The number of piperidine rings is 1. The molecule has 20 heavy (non-hydrogen) atoms. The largest absolute Gasteiger partial charge is 0.497 e. The van der Waals surface area contributed by atoms with E-state index in [1.807, 2.05) is 12.1 Å². The van der Waals surface area contributed by atoms with Gasteiger partial charge in [0.05, 0.1) is 13.0 Å². The molecule has 0 bridgehead atoms. The monoisotopic (exact) mass is 276 g/mol. The zero-order valence-electron chi connectivity index (χ0n) is 11.9. The third kappa shape index (κ3) is 3.50. The topological polar surface area (TPSA) is 58.6 Å². The molecule has 0 aliphatic carbocycles. The number of rotatable bonds is 3. The third-order valence-electron chi connectivity index (χ3n) is 3.60. The summed E-state index contributed by atoms with van der Waals surface area (Å²) in [5.41, 5.74) is 0.746. The molecule has 2 amide bonds. The van der Waals surface area contributed by atoms with Gasteiger partial charge in [-0.2, -0.15) is 0 Å². The molecule has 0 spiro atoms. The van der Waals surface area contributed by atoms with Crippen LogP contribution in [0.2, 0.25) is 0 Å². The maximum absolute atomic E-state index is 12.2. The van der Waals surface area contributed by atoms with E-state index in [9.17, 15) is 9.59 Å². The van der Waals surface area contributed by atoms with Crippen LogP contribution in [0.5, 0.6) is 5.75 Å². The van der Waals surface area contributed by atoms with Gasteiger partial charge in [0.25, 0.3) is 0 Å². The molecule has 1 aliphatic heterocycles. The third-order valence-corrected chi connectivity index (χ3v) is 3.60. The summed E-state index contributed by atoms with van der Waals surface area (Å²) < 4.78 is 5.07. The molecule has 0 aromatic heterocycles. The Hall–Kier alpha value is -2.04. The highest BCUT2D eigenvalue weighted by Gasteiger charge is 2.26. The zero-order valence-corrected chi connectivity index (χ0v) is 11.9. The second kappa shape index (κ2) is 6.41. The van der Waals surface area contributed by atoms with Gasteiger partial charge in [0.2, 0.25) is 11.8 Å². The van der Waals surface area contributed by atoms with Crippen molar-refractivity contribution >= 4 is 17.5 Å². The lowest BCUT2D eigenvalue weighted by molar-refractivity contribution is -0.132. The normalized spacial score (nSPS) is 18.5. The lowest BCUT2D eigenvalue weighted by atomic mass is 9.97. The number of nitrogens with zero attached hydrogens (tertiary/aromatic N) is 1. The molecule has 1 N–H and O–H groups in total. The highest BCUT2D eigenvalue weighted by atomic mass is 16.5. The number of ether oxygens (including phenoxy) is 1. The Labute approximate surface area is 118 Å². The van der Waals surface area contributed by atoms with Crippen molar-refractivity contribution < 1.29 is 14.3 Å². The molecular formula is C15H20N2O3. The fourth-order valence-corrected chi connectivity index (χ4v) is 2.40. The second-order valence-electron chi connectivity index (χ2n) is 5.02. The molecule has 108 valence electrons. The first-order valence-electron chi connectivity index (χ1n) is 6.80. The molecule has 5 nitrogen and oxygen atoms in total. The second-order valence-corrected chi connectivity index (χ2v) is 5.02. The van der Waals surface area contributed by atoms with Crippen LogP contribution in [0.25, 0.3) is 0 Å². The van der Waals surface area contributed by atoms with Crippen molar-refractivity contribution in [3.63, 3.8) is 0 Å². The Morgan fingerprint density at radius 1 is 1.30 bits per heavy atom. The number of hydrogen-bond acceptors (Lipinski definition) is 3. The molecule has 1 fully saturated rings. The van der Waals surface area contributed by atoms with Gasteiger partial charge in [-0.05, 0) is 37.1 Å². The van der Waals surface area contributed by atoms with Crippen LogP contribution in [0.15, 0.2) is 24.3 Å². The minimum absolute atomic E-state index is 0.0267. The van der Waals surface area contributed by atoms with Crippen LogP contribution in [0, 0.1) is 5.92 Å². The Morgan fingerprint density at radius 3 is 2.60 bits per heavy atom. The van der Waals surface area contributed by atoms with Gasteiger partial charge in [-0.3, -0.25) is 9.59 Å². The number of carbonyl (C=O) groups excluding carboxylic acids is 2. The van der Waals surface area contributed by atoms with Crippen LogP contribution in [0.4, 0.5) is 5.69 Å². The lowest BCUT2D eigenvalue weighted by Gasteiger charge is -2.31. The van der Waals surface area contributed by atoms with Crippen molar-refractivity contribution in [1.29, 1.82) is 0 Å². The zero-order chi connectivity index (χ0) is 14.5. The number of amides is 2. The van der Waals surface area contributed by atoms with E-state index < -0.39 is 0 Å². The van der Waals surface area contributed by atoms with E-state index in [1.54, 1.807) is 31.1 Å². The standard InChI is InChI=1S/C15H20N2O3/c1-11(18)17-9-3-4-12(10-17)15(19)16-13-5-7-14(20-2)8-6-13/h5-8,12H,3-4,9-10H2,1-2H3,(H,16,19). The Morgan fingerprint density at radius 2 is 2.00 bits per heavy atom. The highest BCUT2D eigenvalue weighted by Crippen LogP contribution is 2.20. The summed E-state index contributed by atoms with van der Waals surface area (Å²) in [6.45, 7) is 2.81. The van der Waals surface area contributed by atoms with E-state index in [-0.39, 0.29) is 17.7 Å². The van der Waals surface area contributed by atoms with E-state index in [1.165, 1.54) is 0 Å². The van der Waals surface area contributed by atoms with Crippen LogP contribution in [-0.2, 0) is 9.59 Å². The van der Waals surface area contributed by atoms with Crippen LogP contribution < -0.4 is 10.1 Å². The summed E-state index contributed by atoms with van der Waals surface area (Å²) >= 11 is 0. The summed E-state index contributed by atoms with van der Waals surface area (Å²) in [5.74, 6) is 0.631. The fourth-order valence-electron chi connectivity index (χ4n) is 2.40. The Kier molecular flexibility index (Phi) is 4.61. The van der Waals surface area contributed by atoms with Gasteiger partial charge in [0.1, 0.15) is 5.75 Å². The van der Waals surface area contributed by atoms with Gasteiger partial charge < -0.3 is 15.0 Å². The first kappa shape index (κ1) is 14.4. The molecule has 1 saturated heterocycles. The predicted octanol–water partition coefficient (Wildman–Crippen LogP) is 1.89. The average Bonchev–Trinajstić information content (AvgIpc) is 2.48. The number of carbonyl (C=O) groups is 2. The summed E-state index contributed by atoms with van der Waals surface area (Å²) in [7, 11) is 1.60. The molecule has 1 aromatic rings. The van der Waals surface area contributed by atoms with Crippen molar-refractivity contribution in [3.8, 4) is 5.75 Å². The fraction of sp³-hybridized carbons (Fsp3) is 0.467. The van der Waals surface area contributed by atoms with E-state index in [4.69, 9.17) is 4.74 Å². The summed E-state index contributed by atoms with van der Waals surface area (Å²) in [6.07, 6.45) is 1.70. The predicted molar refractivity (Wildman–Crippen MR) is 76.6 cm³/mol. The van der Waals surface area contributed by atoms with Crippen LogP contribution in [-0.4, -0.2) is 36.9 Å². The molecule has 1 aliphatic rings. The summed E-state index contributed by atoms with van der Waals surface area (Å²) in [6, 6.07) is 7.22. The van der Waals surface area contributed by atoms with E-state index in [0.717, 1.165) is 30.8 Å². The SMILES string of the molecule is COc1ccc(NC(=O)C2CCCN(C(C)=O)C2)cc1. The van der Waals surface area contributed by atoms with Gasteiger partial charge in [-0.15, -0.1) is 0 Å². The van der Waals surface area contributed by atoms with E-state index in [2.05, 4.69) is 5.32 Å². The van der Waals surface area contributed by atoms with Crippen molar-refractivity contribution in [3.05, 3.63) is 24.3 Å². The van der Waals surface area contributed by atoms with Gasteiger partial charge >= 0.3 is 0 Å². The average molecular weight is 276 g/mol.